The number of ether oxygens (including phenoxy) is 1. The molecule has 0 heterocycles. The summed E-state index contributed by atoms with van der Waals surface area (Å²) >= 11 is 0. The van der Waals surface area contributed by atoms with Gasteiger partial charge in [0.05, 0.1) is 6.61 Å². The average molecular weight is 168 g/mol. The van der Waals surface area contributed by atoms with E-state index in [4.69, 9.17) is 4.74 Å². The number of hydrogen-bond acceptors (Lipinski definition) is 1. The van der Waals surface area contributed by atoms with Crippen LogP contribution < -0.4 is 0 Å². The molecule has 1 heteroatoms. The minimum absolute atomic E-state index is 0.704. The van der Waals surface area contributed by atoms with E-state index in [1.54, 1.807) is 0 Å². The molecule has 0 aromatic heterocycles. The lowest BCUT2D eigenvalue weighted by atomic mass is 9.97. The molecule has 1 atom stereocenters. The molecule has 0 radical (unpaired) electrons. The first kappa shape index (κ1) is 9.79. The molecule has 0 aromatic rings. The minimum Gasteiger partial charge on any atom is -0.381 e. The molecule has 0 aromatic carbocycles. The van der Waals surface area contributed by atoms with Gasteiger partial charge in [-0.3, -0.25) is 0 Å². The Morgan fingerprint density at radius 2 is 2.42 bits per heavy atom. The van der Waals surface area contributed by atoms with E-state index in [0.717, 1.165) is 13.2 Å². The third kappa shape index (κ3) is 3.91. The Morgan fingerprint density at radius 1 is 1.50 bits per heavy atom. The Bertz CT molecular complexity index is 129. The van der Waals surface area contributed by atoms with Crippen molar-refractivity contribution in [3.63, 3.8) is 0 Å². The lowest BCUT2D eigenvalue weighted by Crippen LogP contribution is -2.10. The fraction of sp³-hybridized carbons (Fsp3) is 0.818. The predicted octanol–water partition coefficient (Wildman–Crippen LogP) is 3.16. The van der Waals surface area contributed by atoms with Crippen molar-refractivity contribution < 1.29 is 4.74 Å². The number of rotatable bonds is 5. The normalized spacial score (nSPS) is 22.9. The zero-order valence-corrected chi connectivity index (χ0v) is 8.09. The highest BCUT2D eigenvalue weighted by atomic mass is 16.5. The fourth-order valence-electron chi connectivity index (χ4n) is 1.50. The maximum atomic E-state index is 5.56. The summed E-state index contributed by atoms with van der Waals surface area (Å²) in [6.45, 7) is 4.08. The molecule has 0 N–H and O–H groups in total. The van der Waals surface area contributed by atoms with E-state index in [0.29, 0.717) is 5.92 Å². The van der Waals surface area contributed by atoms with Gasteiger partial charge in [0.15, 0.2) is 0 Å². The minimum atomic E-state index is 0.704. The molecule has 0 amide bonds. The molecular formula is C11H20O. The van der Waals surface area contributed by atoms with Crippen LogP contribution in [0, 0.1) is 5.92 Å². The van der Waals surface area contributed by atoms with Crippen LogP contribution in [0.4, 0.5) is 0 Å². The maximum Gasteiger partial charge on any atom is 0.0528 e. The van der Waals surface area contributed by atoms with Crippen molar-refractivity contribution in [1.29, 1.82) is 0 Å². The lowest BCUT2D eigenvalue weighted by molar-refractivity contribution is 0.106. The number of unbranched alkanes of at least 4 members (excludes halogenated alkanes) is 1. The van der Waals surface area contributed by atoms with E-state index in [1.165, 1.54) is 32.1 Å². The second-order valence-corrected chi connectivity index (χ2v) is 3.55. The number of hydrogen-bond donors (Lipinski definition) is 0. The van der Waals surface area contributed by atoms with Gasteiger partial charge in [0.2, 0.25) is 0 Å². The quantitative estimate of drug-likeness (QED) is 0.452. The van der Waals surface area contributed by atoms with Crippen LogP contribution in [0.1, 0.15) is 39.0 Å². The Labute approximate surface area is 75.8 Å². The van der Waals surface area contributed by atoms with Gasteiger partial charge in [-0.2, -0.15) is 0 Å². The van der Waals surface area contributed by atoms with Gasteiger partial charge < -0.3 is 4.74 Å². The van der Waals surface area contributed by atoms with E-state index in [2.05, 4.69) is 19.1 Å². The molecule has 1 aliphatic carbocycles. The third-order valence-corrected chi connectivity index (χ3v) is 2.33. The van der Waals surface area contributed by atoms with Gasteiger partial charge in [0, 0.05) is 12.5 Å². The molecule has 0 aliphatic heterocycles. The van der Waals surface area contributed by atoms with Crippen molar-refractivity contribution in [2.24, 2.45) is 5.92 Å². The molecule has 0 bridgehead atoms. The second kappa shape index (κ2) is 6.24. The van der Waals surface area contributed by atoms with E-state index < -0.39 is 0 Å². The average Bonchev–Trinajstić information content (AvgIpc) is 2.14. The summed E-state index contributed by atoms with van der Waals surface area (Å²) < 4.78 is 5.56. The molecule has 0 spiro atoms. The maximum absolute atomic E-state index is 5.56. The van der Waals surface area contributed by atoms with Gasteiger partial charge in [-0.15, -0.1) is 0 Å². The Kier molecular flexibility index (Phi) is 5.09. The topological polar surface area (TPSA) is 9.23 Å². The summed E-state index contributed by atoms with van der Waals surface area (Å²) in [5.74, 6) is 0.704. The highest BCUT2D eigenvalue weighted by molar-refractivity contribution is 4.92. The Balaban J connectivity index is 1.98. The number of allylic oxidation sites excluding steroid dienone is 1. The van der Waals surface area contributed by atoms with Crippen LogP contribution in [0.25, 0.3) is 0 Å². The predicted molar refractivity (Wildman–Crippen MR) is 52.2 cm³/mol. The van der Waals surface area contributed by atoms with Gasteiger partial charge >= 0.3 is 0 Å². The molecule has 0 saturated heterocycles. The Morgan fingerprint density at radius 3 is 3.08 bits per heavy atom. The van der Waals surface area contributed by atoms with E-state index in [9.17, 15) is 0 Å². The van der Waals surface area contributed by atoms with Crippen molar-refractivity contribution in [2.75, 3.05) is 13.2 Å². The molecule has 1 aliphatic rings. The lowest BCUT2D eigenvalue weighted by Gasteiger charge is -2.15. The van der Waals surface area contributed by atoms with Crippen molar-refractivity contribution >= 4 is 0 Å². The van der Waals surface area contributed by atoms with E-state index >= 15 is 0 Å². The van der Waals surface area contributed by atoms with Crippen molar-refractivity contribution in [2.45, 2.75) is 39.0 Å². The summed E-state index contributed by atoms with van der Waals surface area (Å²) in [5, 5.41) is 0. The summed E-state index contributed by atoms with van der Waals surface area (Å²) in [4.78, 5) is 0. The van der Waals surface area contributed by atoms with Crippen LogP contribution in [0.5, 0.6) is 0 Å². The van der Waals surface area contributed by atoms with Crippen LogP contribution in [0.2, 0.25) is 0 Å². The zero-order chi connectivity index (χ0) is 8.65. The first-order valence-electron chi connectivity index (χ1n) is 5.18. The van der Waals surface area contributed by atoms with Crippen LogP contribution >= 0.6 is 0 Å². The van der Waals surface area contributed by atoms with Crippen molar-refractivity contribution in [3.8, 4) is 0 Å². The third-order valence-electron chi connectivity index (χ3n) is 2.33. The van der Waals surface area contributed by atoms with Gasteiger partial charge in [-0.25, -0.2) is 0 Å². The fourth-order valence-corrected chi connectivity index (χ4v) is 1.50. The van der Waals surface area contributed by atoms with Crippen LogP contribution in [-0.2, 0) is 4.74 Å². The van der Waals surface area contributed by atoms with Gasteiger partial charge in [0.1, 0.15) is 0 Å². The summed E-state index contributed by atoms with van der Waals surface area (Å²) in [6, 6.07) is 0. The van der Waals surface area contributed by atoms with Crippen LogP contribution in [0.15, 0.2) is 12.2 Å². The first-order valence-corrected chi connectivity index (χ1v) is 5.18. The van der Waals surface area contributed by atoms with Crippen molar-refractivity contribution in [1.82, 2.24) is 0 Å². The van der Waals surface area contributed by atoms with Gasteiger partial charge in [-0.1, -0.05) is 25.5 Å². The van der Waals surface area contributed by atoms with Gasteiger partial charge in [-0.05, 0) is 25.7 Å². The van der Waals surface area contributed by atoms with Crippen LogP contribution in [-0.4, -0.2) is 13.2 Å². The van der Waals surface area contributed by atoms with E-state index in [-0.39, 0.29) is 0 Å². The van der Waals surface area contributed by atoms with Gasteiger partial charge in [0.25, 0.3) is 0 Å². The summed E-state index contributed by atoms with van der Waals surface area (Å²) in [7, 11) is 0. The molecule has 1 rings (SSSR count). The van der Waals surface area contributed by atoms with E-state index in [1.807, 2.05) is 0 Å². The molecule has 0 fully saturated rings. The smallest absolute Gasteiger partial charge is 0.0528 e. The monoisotopic (exact) mass is 168 g/mol. The molecule has 1 unspecified atom stereocenters. The van der Waals surface area contributed by atoms with Crippen LogP contribution in [0.3, 0.4) is 0 Å². The molecular weight excluding hydrogens is 148 g/mol. The molecule has 12 heavy (non-hydrogen) atoms. The first-order chi connectivity index (χ1) is 5.93. The molecule has 70 valence electrons. The molecule has 0 saturated carbocycles. The molecule has 1 nitrogen and oxygen atoms in total. The standard InChI is InChI=1S/C11H20O/c1-2-3-9-12-10-11-7-5-4-6-8-11/h5,7,11H,2-4,6,8-10H2,1H3. The highest BCUT2D eigenvalue weighted by Crippen LogP contribution is 2.16. The van der Waals surface area contributed by atoms with Crippen molar-refractivity contribution in [3.05, 3.63) is 12.2 Å². The zero-order valence-electron chi connectivity index (χ0n) is 8.09. The summed E-state index contributed by atoms with van der Waals surface area (Å²) in [5.41, 5.74) is 0. The SMILES string of the molecule is CCCCOCC1C=CCCC1. The largest absolute Gasteiger partial charge is 0.381 e. The summed E-state index contributed by atoms with van der Waals surface area (Å²) in [6.07, 6.45) is 11.0. The Hall–Kier alpha value is -0.300. The second-order valence-electron chi connectivity index (χ2n) is 3.55. The highest BCUT2D eigenvalue weighted by Gasteiger charge is 2.07.